The molecule has 0 bridgehead atoms. The molecule has 0 aliphatic rings. The molecule has 258 valence electrons. The number of carbonyl (C=O) groups excluding carboxylic acids is 3. The zero-order valence-corrected chi connectivity index (χ0v) is 29.6. The van der Waals surface area contributed by atoms with Gasteiger partial charge in [0.25, 0.3) is 17.5 Å². The minimum atomic E-state index is -0.657. The Labute approximate surface area is 311 Å². The Hall–Kier alpha value is -6.24. The highest BCUT2D eigenvalue weighted by molar-refractivity contribution is 9.10. The molecule has 52 heavy (non-hydrogen) atoms. The van der Waals surface area contributed by atoms with Crippen molar-refractivity contribution in [1.82, 2.24) is 5.32 Å². The topological polar surface area (TPSA) is 144 Å². The Morgan fingerprint density at radius 1 is 0.731 bits per heavy atom. The van der Waals surface area contributed by atoms with Crippen molar-refractivity contribution in [2.24, 2.45) is 0 Å². The highest BCUT2D eigenvalue weighted by atomic mass is 79.9. The van der Waals surface area contributed by atoms with Crippen LogP contribution in [0.4, 0.5) is 17.1 Å². The zero-order chi connectivity index (χ0) is 36.5. The van der Waals surface area contributed by atoms with Crippen LogP contribution in [-0.4, -0.2) is 22.6 Å². The van der Waals surface area contributed by atoms with Crippen LogP contribution in [0.1, 0.15) is 26.9 Å². The van der Waals surface area contributed by atoms with E-state index >= 15 is 0 Å². The van der Waals surface area contributed by atoms with Crippen molar-refractivity contribution in [2.45, 2.75) is 10.1 Å². The molecule has 1 aromatic heterocycles. The molecule has 3 amide bonds. The molecule has 3 N–H and O–H groups in total. The lowest BCUT2D eigenvalue weighted by atomic mass is 10.1. The number of thioether (sulfide) groups is 1. The van der Waals surface area contributed by atoms with Crippen molar-refractivity contribution in [3.63, 3.8) is 0 Å². The Kier molecular flexibility index (Phi) is 11.4. The van der Waals surface area contributed by atoms with Crippen molar-refractivity contribution in [3.8, 4) is 11.3 Å². The number of nitrogens with one attached hydrogen (secondary N) is 3. The Morgan fingerprint density at radius 2 is 1.35 bits per heavy atom. The van der Waals surface area contributed by atoms with E-state index in [1.165, 1.54) is 42.1 Å². The van der Waals surface area contributed by atoms with E-state index in [0.717, 1.165) is 20.5 Å². The van der Waals surface area contributed by atoms with Crippen molar-refractivity contribution in [2.75, 3.05) is 10.6 Å². The molecule has 6 aromatic rings. The van der Waals surface area contributed by atoms with Crippen LogP contribution < -0.4 is 16.0 Å². The monoisotopic (exact) mass is 772 g/mol. The summed E-state index contributed by atoms with van der Waals surface area (Å²) in [7, 11) is 0. The van der Waals surface area contributed by atoms with Crippen molar-refractivity contribution in [1.29, 1.82) is 0 Å². The van der Waals surface area contributed by atoms with Gasteiger partial charge in [0.2, 0.25) is 5.91 Å². The molecule has 0 spiro atoms. The van der Waals surface area contributed by atoms with Crippen LogP contribution in [0.25, 0.3) is 17.4 Å². The molecule has 1 unspecified atom stereocenters. The quantitative estimate of drug-likeness (QED) is 0.0487. The number of hydrogen-bond acceptors (Lipinski definition) is 7. The first kappa shape index (κ1) is 35.6. The number of amides is 3. The minimum Gasteiger partial charge on any atom is -0.457 e. The molecule has 1 atom stereocenters. The van der Waals surface area contributed by atoms with E-state index in [9.17, 15) is 24.5 Å². The van der Waals surface area contributed by atoms with Crippen molar-refractivity contribution in [3.05, 3.63) is 183 Å². The number of non-ortho nitro benzene ring substituents is 1. The zero-order valence-electron chi connectivity index (χ0n) is 27.2. The van der Waals surface area contributed by atoms with Crippen LogP contribution in [0.3, 0.4) is 0 Å². The van der Waals surface area contributed by atoms with Crippen LogP contribution in [0, 0.1) is 10.1 Å². The average molecular weight is 774 g/mol. The molecule has 0 fully saturated rings. The fourth-order valence-corrected chi connectivity index (χ4v) is 6.30. The van der Waals surface area contributed by atoms with E-state index in [1.54, 1.807) is 66.7 Å². The summed E-state index contributed by atoms with van der Waals surface area (Å²) < 4.78 is 6.93. The van der Waals surface area contributed by atoms with Crippen LogP contribution in [-0.2, 0) is 9.59 Å². The van der Waals surface area contributed by atoms with Gasteiger partial charge in [-0.05, 0) is 78.4 Å². The third-order valence-corrected chi connectivity index (χ3v) is 9.42. The average Bonchev–Trinajstić information content (AvgIpc) is 3.64. The predicted molar refractivity (Wildman–Crippen MR) is 206 cm³/mol. The molecule has 0 saturated carbocycles. The second-order valence-electron chi connectivity index (χ2n) is 11.3. The highest BCUT2D eigenvalue weighted by Gasteiger charge is 2.23. The molecular formula is C40H29BrN4O6S. The lowest BCUT2D eigenvalue weighted by Gasteiger charge is -2.17. The van der Waals surface area contributed by atoms with Gasteiger partial charge in [-0.1, -0.05) is 76.6 Å². The number of hydrogen-bond donors (Lipinski definition) is 3. The molecule has 10 nitrogen and oxygen atoms in total. The van der Waals surface area contributed by atoms with Crippen LogP contribution in [0.2, 0.25) is 0 Å². The molecule has 0 aliphatic heterocycles. The summed E-state index contributed by atoms with van der Waals surface area (Å²) in [5.74, 6) is -0.394. The Bertz CT molecular complexity index is 2230. The number of furan rings is 1. The Morgan fingerprint density at radius 3 is 2.00 bits per heavy atom. The van der Waals surface area contributed by atoms with Gasteiger partial charge in [-0.15, -0.1) is 11.8 Å². The van der Waals surface area contributed by atoms with E-state index in [0.29, 0.717) is 28.5 Å². The lowest BCUT2D eigenvalue weighted by molar-refractivity contribution is -0.384. The van der Waals surface area contributed by atoms with Gasteiger partial charge in [-0.2, -0.15) is 0 Å². The minimum absolute atomic E-state index is 0.0314. The van der Waals surface area contributed by atoms with Gasteiger partial charge < -0.3 is 20.4 Å². The predicted octanol–water partition coefficient (Wildman–Crippen LogP) is 9.50. The van der Waals surface area contributed by atoms with Crippen LogP contribution in [0.15, 0.2) is 165 Å². The summed E-state index contributed by atoms with van der Waals surface area (Å²) in [6, 6.07) is 41.5. The second-order valence-corrected chi connectivity index (χ2v) is 13.4. The van der Waals surface area contributed by atoms with Gasteiger partial charge in [0, 0.05) is 50.1 Å². The third kappa shape index (κ3) is 9.30. The SMILES string of the molecule is O=C(Nc1ccc(SC(C(=O)Nc2ccc([N+](=O)[O-])cc2)c2ccccc2)cc1)/C(=C/c1ccc(-c2ccc(Br)cc2)o1)NC(=O)c1ccccc1. The summed E-state index contributed by atoms with van der Waals surface area (Å²) in [4.78, 5) is 51.5. The lowest BCUT2D eigenvalue weighted by Crippen LogP contribution is -2.30. The number of nitro benzene ring substituents is 1. The number of benzene rings is 5. The summed E-state index contributed by atoms with van der Waals surface area (Å²) >= 11 is 4.73. The highest BCUT2D eigenvalue weighted by Crippen LogP contribution is 2.37. The fraction of sp³-hybridized carbons (Fsp3) is 0.0250. The molecule has 6 rings (SSSR count). The standard InChI is InChI=1S/C40H29BrN4O6S/c41-29-13-11-26(12-14-29)36-24-21-33(51-36)25-35(44-38(46)28-9-5-2-6-10-28)39(47)42-31-17-22-34(23-18-31)52-37(27-7-3-1-4-8-27)40(48)43-30-15-19-32(20-16-30)45(49)50/h1-25,37H,(H,42,47)(H,43,48)(H,44,46)/b35-25-. The molecule has 5 aromatic carbocycles. The fourth-order valence-electron chi connectivity index (χ4n) is 5.01. The maximum absolute atomic E-state index is 13.6. The Balaban J connectivity index is 1.19. The summed E-state index contributed by atoms with van der Waals surface area (Å²) in [6.07, 6.45) is 1.47. The number of rotatable bonds is 12. The van der Waals surface area contributed by atoms with Gasteiger partial charge in [0.1, 0.15) is 22.5 Å². The summed E-state index contributed by atoms with van der Waals surface area (Å²) in [5, 5.41) is 18.8. The largest absolute Gasteiger partial charge is 0.457 e. The maximum atomic E-state index is 13.6. The van der Waals surface area contributed by atoms with Gasteiger partial charge in [0.05, 0.1) is 4.92 Å². The first-order valence-electron chi connectivity index (χ1n) is 15.8. The van der Waals surface area contributed by atoms with Crippen LogP contribution >= 0.6 is 27.7 Å². The molecule has 0 aliphatic carbocycles. The van der Waals surface area contributed by atoms with E-state index in [2.05, 4.69) is 31.9 Å². The van der Waals surface area contributed by atoms with Crippen molar-refractivity contribution >= 4 is 68.6 Å². The summed E-state index contributed by atoms with van der Waals surface area (Å²) in [5.41, 5.74) is 2.76. The molecule has 1 heterocycles. The maximum Gasteiger partial charge on any atom is 0.272 e. The first-order chi connectivity index (χ1) is 25.2. The number of nitro groups is 1. The van der Waals surface area contributed by atoms with Crippen molar-refractivity contribution < 1.29 is 23.7 Å². The molecule has 0 saturated heterocycles. The molecule has 12 heteroatoms. The number of anilines is 2. The smallest absolute Gasteiger partial charge is 0.272 e. The second kappa shape index (κ2) is 16.6. The number of carbonyl (C=O) groups is 3. The van der Waals surface area contributed by atoms with E-state index in [1.807, 2.05) is 54.6 Å². The first-order valence-corrected chi connectivity index (χ1v) is 17.5. The van der Waals surface area contributed by atoms with Gasteiger partial charge in [-0.3, -0.25) is 24.5 Å². The van der Waals surface area contributed by atoms with E-state index < -0.39 is 22.0 Å². The third-order valence-electron chi connectivity index (χ3n) is 7.62. The van der Waals surface area contributed by atoms with Gasteiger partial charge in [-0.25, -0.2) is 0 Å². The summed E-state index contributed by atoms with van der Waals surface area (Å²) in [6.45, 7) is 0. The van der Waals surface area contributed by atoms with Crippen LogP contribution in [0.5, 0.6) is 0 Å². The van der Waals surface area contributed by atoms with Gasteiger partial charge >= 0.3 is 0 Å². The van der Waals surface area contributed by atoms with E-state index in [-0.39, 0.29) is 17.3 Å². The molecule has 0 radical (unpaired) electrons. The molecular weight excluding hydrogens is 744 g/mol. The number of nitrogens with zero attached hydrogens (tertiary/aromatic N) is 1. The number of halogens is 1. The normalized spacial score (nSPS) is 11.7. The van der Waals surface area contributed by atoms with E-state index in [4.69, 9.17) is 4.42 Å². The van der Waals surface area contributed by atoms with Gasteiger partial charge in [0.15, 0.2) is 0 Å².